The van der Waals surface area contributed by atoms with E-state index in [0.717, 1.165) is 31.6 Å². The Bertz CT molecular complexity index is 707. The maximum atomic E-state index is 13.7. The van der Waals surface area contributed by atoms with Crippen molar-refractivity contribution in [3.63, 3.8) is 0 Å². The van der Waals surface area contributed by atoms with E-state index in [1.165, 1.54) is 10.9 Å². The maximum absolute atomic E-state index is 13.7. The Morgan fingerprint density at radius 3 is 2.81 bits per heavy atom. The van der Waals surface area contributed by atoms with Gasteiger partial charge >= 0.3 is 0 Å². The molecule has 1 fully saturated rings. The Hall–Kier alpha value is -1.23. The zero-order valence-corrected chi connectivity index (χ0v) is 18.3. The van der Waals surface area contributed by atoms with E-state index in [0.29, 0.717) is 25.7 Å². The second-order valence-corrected chi connectivity index (χ2v) is 7.23. The minimum atomic E-state index is -0.230. The van der Waals surface area contributed by atoms with Gasteiger partial charge < -0.3 is 15.8 Å². The van der Waals surface area contributed by atoms with Crippen molar-refractivity contribution >= 4 is 41.3 Å². The second kappa shape index (κ2) is 11.6. The average Bonchev–Trinajstić information content (AvgIpc) is 3.16. The second-order valence-electron chi connectivity index (χ2n) is 6.20. The number of nitrogens with one attached hydrogen (secondary N) is 1. The van der Waals surface area contributed by atoms with Gasteiger partial charge in [-0.2, -0.15) is 0 Å². The van der Waals surface area contributed by atoms with Crippen LogP contribution in [0, 0.1) is 5.82 Å². The lowest BCUT2D eigenvalue weighted by molar-refractivity contribution is 0.0179. The average molecular weight is 504 g/mol. The summed E-state index contributed by atoms with van der Waals surface area (Å²) < 4.78 is 19.1. The predicted molar refractivity (Wildman–Crippen MR) is 119 cm³/mol. The van der Waals surface area contributed by atoms with Crippen LogP contribution in [0.2, 0.25) is 0 Å². The number of rotatable bonds is 7. The molecular formula is C19H26FIN4OS. The van der Waals surface area contributed by atoms with Gasteiger partial charge in [0.05, 0.1) is 25.8 Å². The van der Waals surface area contributed by atoms with Crippen molar-refractivity contribution < 1.29 is 9.13 Å². The molecule has 1 unspecified atom stereocenters. The Morgan fingerprint density at radius 2 is 2.11 bits per heavy atom. The monoisotopic (exact) mass is 504 g/mol. The summed E-state index contributed by atoms with van der Waals surface area (Å²) in [6.07, 6.45) is 0.921. The quantitative estimate of drug-likeness (QED) is 0.346. The van der Waals surface area contributed by atoms with Crippen molar-refractivity contribution in [2.24, 2.45) is 10.7 Å². The van der Waals surface area contributed by atoms with E-state index in [1.807, 2.05) is 12.1 Å². The fourth-order valence-corrected chi connectivity index (χ4v) is 3.75. The van der Waals surface area contributed by atoms with Crippen LogP contribution in [-0.4, -0.2) is 50.3 Å². The van der Waals surface area contributed by atoms with Crippen LogP contribution in [0.15, 0.2) is 46.8 Å². The highest BCUT2D eigenvalue weighted by Crippen LogP contribution is 2.23. The summed E-state index contributed by atoms with van der Waals surface area (Å²) >= 11 is 1.74. The molecule has 27 heavy (non-hydrogen) atoms. The molecule has 0 radical (unpaired) electrons. The first-order chi connectivity index (χ1) is 12.7. The van der Waals surface area contributed by atoms with E-state index in [4.69, 9.17) is 10.5 Å². The van der Waals surface area contributed by atoms with Crippen molar-refractivity contribution in [2.45, 2.75) is 12.5 Å². The fourth-order valence-electron chi connectivity index (χ4n) is 3.04. The molecule has 0 amide bonds. The molecule has 1 saturated heterocycles. The summed E-state index contributed by atoms with van der Waals surface area (Å²) in [7, 11) is 0. The van der Waals surface area contributed by atoms with Crippen LogP contribution in [0.5, 0.6) is 0 Å². The molecule has 8 heteroatoms. The number of morpholine rings is 1. The molecule has 2 aromatic rings. The first-order valence-corrected chi connectivity index (χ1v) is 9.74. The van der Waals surface area contributed by atoms with E-state index in [2.05, 4.69) is 26.7 Å². The van der Waals surface area contributed by atoms with Crippen LogP contribution in [0.4, 0.5) is 4.39 Å². The highest BCUT2D eigenvalue weighted by atomic mass is 127. The Labute approximate surface area is 180 Å². The maximum Gasteiger partial charge on any atom is 0.188 e. The molecule has 1 aliphatic heterocycles. The van der Waals surface area contributed by atoms with Gasteiger partial charge in [-0.05, 0) is 35.6 Å². The zero-order valence-electron chi connectivity index (χ0n) is 15.1. The number of aliphatic imine (C=N–C) groups is 1. The number of benzene rings is 1. The minimum absolute atomic E-state index is 0. The van der Waals surface area contributed by atoms with Crippen LogP contribution in [0.1, 0.15) is 16.5 Å². The SMILES string of the molecule is I.NC(=NCC(c1cccc(F)c1)N1CCOCC1)NCCc1cccs1. The molecular weight excluding hydrogens is 478 g/mol. The van der Waals surface area contributed by atoms with Crippen LogP contribution < -0.4 is 11.1 Å². The van der Waals surface area contributed by atoms with Crippen LogP contribution in [-0.2, 0) is 11.2 Å². The normalized spacial score (nSPS) is 16.6. The van der Waals surface area contributed by atoms with Crippen molar-refractivity contribution in [3.05, 3.63) is 58.0 Å². The van der Waals surface area contributed by atoms with Crippen LogP contribution in [0.25, 0.3) is 0 Å². The number of nitrogens with zero attached hydrogens (tertiary/aromatic N) is 2. The molecule has 148 valence electrons. The Morgan fingerprint density at radius 1 is 1.30 bits per heavy atom. The van der Waals surface area contributed by atoms with E-state index in [9.17, 15) is 4.39 Å². The van der Waals surface area contributed by atoms with E-state index >= 15 is 0 Å². The smallest absolute Gasteiger partial charge is 0.188 e. The molecule has 1 atom stereocenters. The highest BCUT2D eigenvalue weighted by molar-refractivity contribution is 14.0. The number of hydrogen-bond acceptors (Lipinski definition) is 4. The van der Waals surface area contributed by atoms with E-state index in [-0.39, 0.29) is 35.8 Å². The summed E-state index contributed by atoms with van der Waals surface area (Å²) in [6.45, 7) is 4.22. The third-order valence-electron chi connectivity index (χ3n) is 4.41. The van der Waals surface area contributed by atoms with Gasteiger partial charge in [-0.3, -0.25) is 9.89 Å². The lowest BCUT2D eigenvalue weighted by Crippen LogP contribution is -2.41. The lowest BCUT2D eigenvalue weighted by Gasteiger charge is -2.34. The number of hydrogen-bond donors (Lipinski definition) is 2. The molecule has 5 nitrogen and oxygen atoms in total. The fraction of sp³-hybridized carbons (Fsp3) is 0.421. The number of nitrogens with two attached hydrogens (primary N) is 1. The van der Waals surface area contributed by atoms with Gasteiger partial charge in [0.25, 0.3) is 0 Å². The standard InChI is InChI=1S/C19H25FN4OS.HI/c20-16-4-1-3-15(13-16)18(24-8-10-25-11-9-24)14-23-19(21)22-7-6-17-5-2-12-26-17;/h1-5,12-13,18H,6-11,14H2,(H3,21,22,23);1H. The van der Waals surface area contributed by atoms with E-state index < -0.39 is 0 Å². The summed E-state index contributed by atoms with van der Waals surface area (Å²) in [4.78, 5) is 8.10. The molecule has 1 aromatic heterocycles. The van der Waals surface area contributed by atoms with Crippen molar-refractivity contribution in [3.8, 4) is 0 Å². The molecule has 0 spiro atoms. The van der Waals surface area contributed by atoms with Gasteiger partial charge in [0, 0.05) is 24.5 Å². The van der Waals surface area contributed by atoms with Crippen LogP contribution in [0.3, 0.4) is 0 Å². The van der Waals surface area contributed by atoms with Gasteiger partial charge in [-0.25, -0.2) is 4.39 Å². The highest BCUT2D eigenvalue weighted by Gasteiger charge is 2.22. The van der Waals surface area contributed by atoms with Gasteiger partial charge in [0.1, 0.15) is 5.82 Å². The number of halogens is 2. The van der Waals surface area contributed by atoms with Crippen molar-refractivity contribution in [1.82, 2.24) is 10.2 Å². The third kappa shape index (κ3) is 7.02. The number of guanidine groups is 1. The summed E-state index contributed by atoms with van der Waals surface area (Å²) in [5.41, 5.74) is 6.94. The molecule has 3 N–H and O–H groups in total. The molecule has 1 aliphatic rings. The van der Waals surface area contributed by atoms with Gasteiger partial charge in [0.2, 0.25) is 0 Å². The predicted octanol–water partition coefficient (Wildman–Crippen LogP) is 3.03. The number of thiophene rings is 1. The number of ether oxygens (including phenoxy) is 1. The van der Waals surface area contributed by atoms with Crippen LogP contribution >= 0.6 is 35.3 Å². The summed E-state index contributed by atoms with van der Waals surface area (Å²) in [6, 6.07) is 10.9. The molecule has 1 aromatic carbocycles. The first kappa shape index (κ1) is 22.1. The molecule has 0 bridgehead atoms. The first-order valence-electron chi connectivity index (χ1n) is 8.86. The molecule has 0 saturated carbocycles. The third-order valence-corrected chi connectivity index (χ3v) is 5.35. The Balaban J connectivity index is 0.00000261. The summed E-state index contributed by atoms with van der Waals surface area (Å²) in [5.74, 6) is 0.197. The van der Waals surface area contributed by atoms with E-state index in [1.54, 1.807) is 23.5 Å². The Kier molecular flexibility index (Phi) is 9.46. The van der Waals surface area contributed by atoms with Gasteiger partial charge in [0.15, 0.2) is 5.96 Å². The van der Waals surface area contributed by atoms with Gasteiger partial charge in [-0.1, -0.05) is 18.2 Å². The zero-order chi connectivity index (χ0) is 18.2. The molecule has 3 rings (SSSR count). The largest absolute Gasteiger partial charge is 0.379 e. The van der Waals surface area contributed by atoms with Gasteiger partial charge in [-0.15, -0.1) is 35.3 Å². The molecule has 0 aliphatic carbocycles. The summed E-state index contributed by atoms with van der Waals surface area (Å²) in [5, 5.41) is 5.23. The lowest BCUT2D eigenvalue weighted by atomic mass is 10.0. The topological polar surface area (TPSA) is 62.9 Å². The minimum Gasteiger partial charge on any atom is -0.379 e. The van der Waals surface area contributed by atoms with Crippen molar-refractivity contribution in [2.75, 3.05) is 39.4 Å². The molecule has 2 heterocycles. The van der Waals surface area contributed by atoms with Crippen molar-refractivity contribution in [1.29, 1.82) is 0 Å².